The largest absolute Gasteiger partial charge is 1.00 e. The summed E-state index contributed by atoms with van der Waals surface area (Å²) in [6.45, 7) is 1.71. The molecule has 140 valence electrons. The Morgan fingerprint density at radius 2 is 1.72 bits per heavy atom. The van der Waals surface area contributed by atoms with Gasteiger partial charge in [-0.2, -0.15) is 0 Å². The summed E-state index contributed by atoms with van der Waals surface area (Å²) in [6.07, 6.45) is 9.93. The van der Waals surface area contributed by atoms with E-state index in [-0.39, 0.29) is 48.7 Å². The summed E-state index contributed by atoms with van der Waals surface area (Å²) in [7, 11) is -4.55. The predicted octanol–water partition coefficient (Wildman–Crippen LogP) is 0.543. The van der Waals surface area contributed by atoms with E-state index in [1.807, 2.05) is 0 Å². The minimum absolute atomic E-state index is 0. The first-order valence-electron chi connectivity index (χ1n) is 8.78. The molecule has 1 heterocycles. The standard InChI is InChI=1S/C16H29O7P.Na/c1-2-3-4-5-6-7-8-9-10-11-15(17)21-12-14-13-22-24(19,20)16(18)23-14;/h14H,2-13H2,1H3,(H,19,20);/q;+1/p-1. The van der Waals surface area contributed by atoms with Crippen molar-refractivity contribution in [2.45, 2.75) is 77.2 Å². The van der Waals surface area contributed by atoms with Crippen LogP contribution in [0.4, 0.5) is 4.79 Å². The van der Waals surface area contributed by atoms with Gasteiger partial charge in [-0.25, -0.2) is 4.79 Å². The van der Waals surface area contributed by atoms with Gasteiger partial charge in [0.05, 0.1) is 6.61 Å². The van der Waals surface area contributed by atoms with Gasteiger partial charge in [0.15, 0.2) is 6.10 Å². The SMILES string of the molecule is CCCCCCCCCCCC(=O)OCC1COP(=O)([O-])C(=O)O1.[Na+]. The fourth-order valence-electron chi connectivity index (χ4n) is 2.40. The first-order chi connectivity index (χ1) is 11.5. The first-order valence-corrected chi connectivity index (χ1v) is 10.3. The first kappa shape index (κ1) is 25.1. The quantitative estimate of drug-likeness (QED) is 0.209. The van der Waals surface area contributed by atoms with Crippen molar-refractivity contribution in [2.75, 3.05) is 13.2 Å². The van der Waals surface area contributed by atoms with Crippen molar-refractivity contribution in [2.24, 2.45) is 0 Å². The van der Waals surface area contributed by atoms with Crippen LogP contribution >= 0.6 is 7.60 Å². The van der Waals surface area contributed by atoms with E-state index >= 15 is 0 Å². The second kappa shape index (κ2) is 14.2. The van der Waals surface area contributed by atoms with Crippen molar-refractivity contribution in [3.05, 3.63) is 0 Å². The maximum atomic E-state index is 11.6. The van der Waals surface area contributed by atoms with Gasteiger partial charge in [0.1, 0.15) is 6.61 Å². The van der Waals surface area contributed by atoms with Crippen LogP contribution in [0.3, 0.4) is 0 Å². The average molecular weight is 386 g/mol. The van der Waals surface area contributed by atoms with Crippen LogP contribution in [0, 0.1) is 0 Å². The van der Waals surface area contributed by atoms with Crippen molar-refractivity contribution < 1.29 is 62.6 Å². The Morgan fingerprint density at radius 3 is 2.28 bits per heavy atom. The third kappa shape index (κ3) is 11.4. The smallest absolute Gasteiger partial charge is 0.770 e. The molecule has 0 radical (unpaired) electrons. The maximum Gasteiger partial charge on any atom is 1.00 e. The van der Waals surface area contributed by atoms with Crippen LogP contribution in [0.25, 0.3) is 0 Å². The normalized spacial score (nSPS) is 22.8. The number of rotatable bonds is 12. The fraction of sp³-hybridized carbons (Fsp3) is 0.875. The van der Waals surface area contributed by atoms with Crippen LogP contribution < -0.4 is 34.5 Å². The second-order valence-electron chi connectivity index (χ2n) is 6.06. The molecular weight excluding hydrogens is 358 g/mol. The monoisotopic (exact) mass is 386 g/mol. The Morgan fingerprint density at radius 1 is 1.16 bits per heavy atom. The van der Waals surface area contributed by atoms with E-state index in [0.717, 1.165) is 19.3 Å². The number of cyclic esters (lactones) is 1. The molecular formula is C16H28NaO7P. The van der Waals surface area contributed by atoms with E-state index in [1.54, 1.807) is 0 Å². The Balaban J connectivity index is 0.00000576. The van der Waals surface area contributed by atoms with Crippen LogP contribution in [0.5, 0.6) is 0 Å². The molecule has 1 saturated heterocycles. The van der Waals surface area contributed by atoms with Crippen LogP contribution in [-0.2, 0) is 23.4 Å². The summed E-state index contributed by atoms with van der Waals surface area (Å²) in [4.78, 5) is 33.6. The molecule has 0 amide bonds. The number of ether oxygens (including phenoxy) is 2. The Hall–Kier alpha value is 0.0900. The van der Waals surface area contributed by atoms with Gasteiger partial charge in [0.2, 0.25) is 7.60 Å². The Kier molecular flexibility index (Phi) is 14.2. The zero-order chi connectivity index (χ0) is 17.8. The summed E-state index contributed by atoms with van der Waals surface area (Å²) in [6, 6.07) is 0. The summed E-state index contributed by atoms with van der Waals surface area (Å²) in [5.74, 6) is -0.370. The maximum absolute atomic E-state index is 11.6. The number of carbonyl (C=O) groups is 2. The molecule has 0 aromatic carbocycles. The summed E-state index contributed by atoms with van der Waals surface area (Å²) < 4.78 is 25.0. The summed E-state index contributed by atoms with van der Waals surface area (Å²) in [5, 5.41) is 0. The molecule has 25 heavy (non-hydrogen) atoms. The molecule has 0 aliphatic carbocycles. The number of hydrogen-bond acceptors (Lipinski definition) is 7. The van der Waals surface area contributed by atoms with Crippen molar-refractivity contribution in [1.82, 2.24) is 0 Å². The molecule has 0 bridgehead atoms. The Bertz CT molecular complexity index is 444. The molecule has 7 nitrogen and oxygen atoms in total. The summed E-state index contributed by atoms with van der Waals surface area (Å²) >= 11 is 0. The molecule has 0 spiro atoms. The molecule has 0 saturated carbocycles. The summed E-state index contributed by atoms with van der Waals surface area (Å²) in [5.41, 5.74) is -1.41. The zero-order valence-electron chi connectivity index (χ0n) is 15.4. The van der Waals surface area contributed by atoms with Crippen LogP contribution in [0.1, 0.15) is 71.1 Å². The van der Waals surface area contributed by atoms with Gasteiger partial charge in [-0.1, -0.05) is 58.3 Å². The molecule has 0 aromatic heterocycles. The molecule has 1 rings (SSSR count). The average Bonchev–Trinajstić information content (AvgIpc) is 2.54. The number of esters is 1. The van der Waals surface area contributed by atoms with E-state index in [0.29, 0.717) is 6.42 Å². The number of unbranched alkanes of at least 4 members (excludes halogenated alkanes) is 8. The molecule has 2 unspecified atom stereocenters. The van der Waals surface area contributed by atoms with Gasteiger partial charge in [-0.05, 0) is 6.42 Å². The molecule has 1 aliphatic rings. The van der Waals surface area contributed by atoms with Gasteiger partial charge in [-0.15, -0.1) is 0 Å². The fourth-order valence-corrected chi connectivity index (χ4v) is 3.14. The molecule has 1 aliphatic heterocycles. The van der Waals surface area contributed by atoms with Crippen LogP contribution in [0.2, 0.25) is 0 Å². The van der Waals surface area contributed by atoms with Gasteiger partial charge in [-0.3, -0.25) is 9.36 Å². The van der Waals surface area contributed by atoms with E-state index in [1.165, 1.54) is 38.5 Å². The zero-order valence-corrected chi connectivity index (χ0v) is 18.3. The van der Waals surface area contributed by atoms with Gasteiger partial charge >= 0.3 is 41.2 Å². The minimum atomic E-state index is -4.55. The van der Waals surface area contributed by atoms with Gasteiger partial charge in [0.25, 0.3) is 0 Å². The number of carbonyl (C=O) groups excluding carboxylic acids is 2. The molecule has 9 heteroatoms. The second-order valence-corrected chi connectivity index (χ2v) is 7.68. The molecule has 2 atom stereocenters. The van der Waals surface area contributed by atoms with E-state index in [9.17, 15) is 19.0 Å². The molecule has 0 N–H and O–H groups in total. The van der Waals surface area contributed by atoms with E-state index in [4.69, 9.17) is 4.74 Å². The minimum Gasteiger partial charge on any atom is -0.770 e. The Labute approximate surface area is 172 Å². The van der Waals surface area contributed by atoms with Crippen molar-refractivity contribution in [1.29, 1.82) is 0 Å². The van der Waals surface area contributed by atoms with Crippen LogP contribution in [0.15, 0.2) is 0 Å². The van der Waals surface area contributed by atoms with E-state index < -0.39 is 19.4 Å². The number of hydrogen-bond donors (Lipinski definition) is 0. The third-order valence-corrected chi connectivity index (χ3v) is 4.88. The van der Waals surface area contributed by atoms with Crippen molar-refractivity contribution >= 4 is 19.3 Å². The van der Waals surface area contributed by atoms with Crippen molar-refractivity contribution in [3.63, 3.8) is 0 Å². The third-order valence-electron chi connectivity index (χ3n) is 3.84. The van der Waals surface area contributed by atoms with Crippen LogP contribution in [-0.4, -0.2) is 31.0 Å². The topological polar surface area (TPSA) is 102 Å². The van der Waals surface area contributed by atoms with Gasteiger partial charge < -0.3 is 18.9 Å². The molecule has 0 aromatic rings. The van der Waals surface area contributed by atoms with Gasteiger partial charge in [0, 0.05) is 6.42 Å². The van der Waals surface area contributed by atoms with E-state index in [2.05, 4.69) is 16.2 Å². The van der Waals surface area contributed by atoms with Crippen molar-refractivity contribution in [3.8, 4) is 0 Å². The molecule has 1 fully saturated rings. The predicted molar refractivity (Wildman–Crippen MR) is 86.6 cm³/mol.